The van der Waals surface area contributed by atoms with Gasteiger partial charge in [-0.05, 0) is 68.1 Å². The van der Waals surface area contributed by atoms with Crippen molar-refractivity contribution in [2.24, 2.45) is 39.9 Å². The Labute approximate surface area is 139 Å². The van der Waals surface area contributed by atoms with Crippen molar-refractivity contribution in [1.29, 1.82) is 0 Å². The molecule has 0 radical (unpaired) electrons. The van der Waals surface area contributed by atoms with Crippen molar-refractivity contribution in [3.8, 4) is 0 Å². The van der Waals surface area contributed by atoms with E-state index in [-0.39, 0.29) is 34.9 Å². The van der Waals surface area contributed by atoms with E-state index in [9.17, 15) is 15.0 Å². The van der Waals surface area contributed by atoms with Crippen molar-refractivity contribution < 1.29 is 15.0 Å². The monoisotopic (exact) mass is 320 g/mol. The van der Waals surface area contributed by atoms with Crippen molar-refractivity contribution in [3.63, 3.8) is 0 Å². The predicted molar refractivity (Wildman–Crippen MR) is 88.7 cm³/mol. The summed E-state index contributed by atoms with van der Waals surface area (Å²) in [4.78, 5) is 11.9. The molecule has 5 saturated carbocycles. The van der Waals surface area contributed by atoms with Gasteiger partial charge in [-0.25, -0.2) is 0 Å². The number of carbonyl (C=O) groups excluding carboxylic acids is 1. The third-order valence-corrected chi connectivity index (χ3v) is 9.01. The van der Waals surface area contributed by atoms with Crippen molar-refractivity contribution in [2.75, 3.05) is 6.61 Å². The van der Waals surface area contributed by atoms with Crippen molar-refractivity contribution >= 4 is 6.29 Å². The molecule has 5 rings (SSSR count). The highest BCUT2D eigenvalue weighted by Crippen LogP contribution is 2.71. The first-order valence-electron chi connectivity index (χ1n) is 9.66. The molecule has 0 aliphatic heterocycles. The van der Waals surface area contributed by atoms with Gasteiger partial charge in [-0.3, -0.25) is 0 Å². The number of fused-ring (bicyclic) bond motifs is 3. The van der Waals surface area contributed by atoms with Gasteiger partial charge in [0, 0.05) is 23.4 Å². The van der Waals surface area contributed by atoms with Gasteiger partial charge >= 0.3 is 0 Å². The standard InChI is InChI=1S/C20H32O3/c1-18(12-22)6-3-7-19(2)15(18)5-9-20-8-4-13(10-16(19)20)14(11-21)17(20)23/h12-17,21,23H,3-11H2,1-2H3/t13-,14+,15-,16+,17-,18+,19-,20+/m1/s1. The van der Waals surface area contributed by atoms with Crippen LogP contribution in [0.4, 0.5) is 0 Å². The predicted octanol–water partition coefficient (Wildman–Crippen LogP) is 3.18. The molecule has 0 aromatic rings. The zero-order valence-electron chi connectivity index (χ0n) is 14.6. The highest BCUT2D eigenvalue weighted by atomic mass is 16.3. The Balaban J connectivity index is 1.75. The van der Waals surface area contributed by atoms with Gasteiger partial charge in [0.05, 0.1) is 6.10 Å². The molecule has 2 N–H and O–H groups in total. The van der Waals surface area contributed by atoms with Gasteiger partial charge in [0.15, 0.2) is 0 Å². The fourth-order valence-corrected chi connectivity index (χ4v) is 7.92. The second kappa shape index (κ2) is 5.05. The molecule has 0 aromatic carbocycles. The summed E-state index contributed by atoms with van der Waals surface area (Å²) in [5, 5.41) is 20.9. The summed E-state index contributed by atoms with van der Waals surface area (Å²) in [7, 11) is 0. The lowest BCUT2D eigenvalue weighted by Crippen LogP contribution is -2.66. The Bertz CT molecular complexity index is 505. The molecule has 0 unspecified atom stereocenters. The Morgan fingerprint density at radius 2 is 1.83 bits per heavy atom. The molecule has 3 heteroatoms. The van der Waals surface area contributed by atoms with Crippen molar-refractivity contribution in [1.82, 2.24) is 0 Å². The normalized spacial score (nSPS) is 58.3. The average molecular weight is 320 g/mol. The average Bonchev–Trinajstić information content (AvgIpc) is 2.55. The van der Waals surface area contributed by atoms with Crippen molar-refractivity contribution in [2.45, 2.75) is 71.3 Å². The third-order valence-electron chi connectivity index (χ3n) is 9.01. The highest BCUT2D eigenvalue weighted by Gasteiger charge is 2.67. The summed E-state index contributed by atoms with van der Waals surface area (Å²) >= 11 is 0. The molecule has 23 heavy (non-hydrogen) atoms. The number of aliphatic hydroxyl groups excluding tert-OH is 2. The van der Waals surface area contributed by atoms with Crippen LogP contribution in [0.3, 0.4) is 0 Å². The van der Waals surface area contributed by atoms with Gasteiger partial charge in [0.2, 0.25) is 0 Å². The van der Waals surface area contributed by atoms with Crippen LogP contribution in [0.5, 0.6) is 0 Å². The van der Waals surface area contributed by atoms with E-state index >= 15 is 0 Å². The number of carbonyl (C=O) groups is 1. The van der Waals surface area contributed by atoms with E-state index in [1.54, 1.807) is 0 Å². The Kier molecular flexibility index (Phi) is 3.53. The number of hydrogen-bond acceptors (Lipinski definition) is 3. The van der Waals surface area contributed by atoms with E-state index in [1.165, 1.54) is 19.1 Å². The quantitative estimate of drug-likeness (QED) is 0.768. The molecule has 0 aromatic heterocycles. The lowest BCUT2D eigenvalue weighted by molar-refractivity contribution is -0.244. The number of hydrogen-bond donors (Lipinski definition) is 2. The Morgan fingerprint density at radius 1 is 1.09 bits per heavy atom. The van der Waals surface area contributed by atoms with Crippen LogP contribution in [0.1, 0.15) is 65.2 Å². The fourth-order valence-electron chi connectivity index (χ4n) is 7.92. The van der Waals surface area contributed by atoms with E-state index in [4.69, 9.17) is 0 Å². The second-order valence-corrected chi connectivity index (χ2v) is 9.69. The van der Waals surface area contributed by atoms with Gasteiger partial charge in [0.1, 0.15) is 6.29 Å². The molecular weight excluding hydrogens is 288 g/mol. The minimum Gasteiger partial charge on any atom is -0.396 e. The summed E-state index contributed by atoms with van der Waals surface area (Å²) in [5.41, 5.74) is 0.0212. The van der Waals surface area contributed by atoms with Crippen LogP contribution in [0.15, 0.2) is 0 Å². The number of aldehydes is 1. The molecule has 0 saturated heterocycles. The molecular formula is C20H32O3. The minimum atomic E-state index is -0.341. The van der Waals surface area contributed by atoms with Crippen LogP contribution in [-0.2, 0) is 4.79 Å². The zero-order valence-corrected chi connectivity index (χ0v) is 14.6. The first kappa shape index (κ1) is 16.1. The van der Waals surface area contributed by atoms with Gasteiger partial charge in [-0.15, -0.1) is 0 Å². The first-order valence-corrected chi connectivity index (χ1v) is 9.66. The van der Waals surface area contributed by atoms with Crippen molar-refractivity contribution in [3.05, 3.63) is 0 Å². The minimum absolute atomic E-state index is 0.00846. The molecule has 5 fully saturated rings. The largest absolute Gasteiger partial charge is 0.396 e. The summed E-state index contributed by atoms with van der Waals surface area (Å²) in [6.07, 6.45) is 9.84. The Morgan fingerprint density at radius 3 is 2.52 bits per heavy atom. The fraction of sp³-hybridized carbons (Fsp3) is 0.950. The maximum absolute atomic E-state index is 11.9. The third kappa shape index (κ3) is 1.87. The molecule has 8 atom stereocenters. The summed E-state index contributed by atoms with van der Waals surface area (Å²) in [5.74, 6) is 1.56. The number of rotatable bonds is 2. The van der Waals surface area contributed by atoms with Gasteiger partial charge in [-0.2, -0.15) is 0 Å². The Hall–Kier alpha value is -0.410. The van der Waals surface area contributed by atoms with Gasteiger partial charge in [0.25, 0.3) is 0 Å². The van der Waals surface area contributed by atoms with Gasteiger partial charge in [-0.1, -0.05) is 20.3 Å². The second-order valence-electron chi connectivity index (χ2n) is 9.69. The smallest absolute Gasteiger partial charge is 0.126 e. The molecule has 0 amide bonds. The lowest BCUT2D eigenvalue weighted by atomic mass is 9.35. The van der Waals surface area contributed by atoms with Crippen LogP contribution in [-0.4, -0.2) is 29.2 Å². The van der Waals surface area contributed by atoms with E-state index < -0.39 is 0 Å². The van der Waals surface area contributed by atoms with Crippen LogP contribution in [0.25, 0.3) is 0 Å². The highest BCUT2D eigenvalue weighted by molar-refractivity contribution is 5.60. The molecule has 0 heterocycles. The van der Waals surface area contributed by atoms with Gasteiger partial charge < -0.3 is 15.0 Å². The molecule has 130 valence electrons. The summed E-state index contributed by atoms with van der Waals surface area (Å²) in [6, 6.07) is 0. The molecule has 5 aliphatic carbocycles. The zero-order chi connectivity index (χ0) is 16.5. The van der Waals surface area contributed by atoms with E-state index in [0.717, 1.165) is 38.5 Å². The lowest BCUT2D eigenvalue weighted by Gasteiger charge is -2.69. The molecule has 3 nitrogen and oxygen atoms in total. The van der Waals surface area contributed by atoms with Crippen LogP contribution in [0.2, 0.25) is 0 Å². The SMILES string of the molecule is C[C@@]12CCC[C@@](C)(C=O)[C@H]1CC[C@@]13CC[C@H](C[C@@H]21)[C@H](CO)[C@H]3O. The van der Waals surface area contributed by atoms with E-state index in [0.29, 0.717) is 17.8 Å². The van der Waals surface area contributed by atoms with Crippen LogP contribution < -0.4 is 0 Å². The summed E-state index contributed by atoms with van der Waals surface area (Å²) < 4.78 is 0. The topological polar surface area (TPSA) is 57.5 Å². The number of aliphatic hydroxyl groups is 2. The van der Waals surface area contributed by atoms with Crippen LogP contribution >= 0.6 is 0 Å². The molecule has 1 spiro atoms. The maximum atomic E-state index is 11.9. The first-order chi connectivity index (χ1) is 10.9. The maximum Gasteiger partial charge on any atom is 0.126 e. The van der Waals surface area contributed by atoms with E-state index in [1.807, 2.05) is 0 Å². The summed E-state index contributed by atoms with van der Waals surface area (Å²) in [6.45, 7) is 4.73. The molecule has 2 bridgehead atoms. The van der Waals surface area contributed by atoms with E-state index in [2.05, 4.69) is 13.8 Å². The molecule has 5 aliphatic rings. The van der Waals surface area contributed by atoms with Crippen LogP contribution in [0, 0.1) is 39.9 Å².